The molecule has 5 unspecified atom stereocenters. The van der Waals surface area contributed by atoms with E-state index in [4.69, 9.17) is 0 Å². The van der Waals surface area contributed by atoms with Crippen LogP contribution in [0.3, 0.4) is 0 Å². The van der Waals surface area contributed by atoms with E-state index in [0.717, 1.165) is 47.9 Å². The number of fused-ring (bicyclic) bond motifs is 1. The van der Waals surface area contributed by atoms with Crippen LogP contribution in [0.1, 0.15) is 111 Å². The molecule has 6 atom stereocenters. The van der Waals surface area contributed by atoms with Gasteiger partial charge in [-0.15, -0.1) is 0 Å². The lowest BCUT2D eigenvalue weighted by Crippen LogP contribution is -2.35. The van der Waals surface area contributed by atoms with Crippen molar-refractivity contribution in [1.29, 1.82) is 0 Å². The van der Waals surface area contributed by atoms with E-state index in [1.54, 1.807) is 0 Å². The van der Waals surface area contributed by atoms with Crippen molar-refractivity contribution in [1.82, 2.24) is 0 Å². The Kier molecular flexibility index (Phi) is 9.38. The predicted octanol–water partition coefficient (Wildman–Crippen LogP) is 9.73. The van der Waals surface area contributed by atoms with Gasteiger partial charge in [-0.3, -0.25) is 9.59 Å². The van der Waals surface area contributed by atoms with Gasteiger partial charge in [0.15, 0.2) is 5.78 Å². The zero-order chi connectivity index (χ0) is 29.3. The Bertz CT molecular complexity index is 1290. The van der Waals surface area contributed by atoms with Crippen LogP contribution in [0.2, 0.25) is 0 Å². The summed E-state index contributed by atoms with van der Waals surface area (Å²) in [5.74, 6) is 2.32. The zero-order valence-electron chi connectivity index (χ0n) is 26.1. The molecule has 2 heteroatoms. The Morgan fingerprint density at radius 1 is 0.975 bits per heavy atom. The SMILES string of the molecule is C=C(C(C)C)C(C)C1=CC(C(=O)CCC)c2cc(C)c(C(=O)C3CC(C)C(Cc4ccc(C)cc4)C[C@H]3C)cc21. The number of benzene rings is 2. The fourth-order valence-corrected chi connectivity index (χ4v) is 7.18. The van der Waals surface area contributed by atoms with E-state index >= 15 is 0 Å². The number of carbonyl (C=O) groups excluding carboxylic acids is 2. The third-order valence-corrected chi connectivity index (χ3v) is 10.0. The first-order valence-electron chi connectivity index (χ1n) is 15.6. The number of hydrogen-bond acceptors (Lipinski definition) is 2. The van der Waals surface area contributed by atoms with Gasteiger partial charge in [0.2, 0.25) is 0 Å². The second-order valence-corrected chi connectivity index (χ2v) is 13.4. The molecule has 1 fully saturated rings. The predicted molar refractivity (Wildman–Crippen MR) is 169 cm³/mol. The normalized spacial score (nSPS) is 24.9. The quantitative estimate of drug-likeness (QED) is 0.223. The van der Waals surface area contributed by atoms with Crippen LogP contribution in [0.25, 0.3) is 5.57 Å². The summed E-state index contributed by atoms with van der Waals surface area (Å²) in [6.45, 7) is 21.8. The van der Waals surface area contributed by atoms with Crippen molar-refractivity contribution in [2.75, 3.05) is 0 Å². The number of aryl methyl sites for hydroxylation is 2. The fraction of sp³-hybridized carbons (Fsp3) is 0.526. The number of allylic oxidation sites excluding steroid dienone is 3. The average Bonchev–Trinajstić information content (AvgIpc) is 3.28. The molecule has 0 radical (unpaired) electrons. The van der Waals surface area contributed by atoms with Crippen LogP contribution in [-0.2, 0) is 11.2 Å². The monoisotopic (exact) mass is 538 g/mol. The van der Waals surface area contributed by atoms with Crippen LogP contribution < -0.4 is 0 Å². The van der Waals surface area contributed by atoms with Crippen LogP contribution in [-0.4, -0.2) is 11.6 Å². The Balaban J connectivity index is 1.62. The number of ketones is 2. The minimum atomic E-state index is -0.216. The lowest BCUT2D eigenvalue weighted by Gasteiger charge is -2.38. The molecule has 2 aromatic carbocycles. The molecule has 0 amide bonds. The average molecular weight is 539 g/mol. The lowest BCUT2D eigenvalue weighted by molar-refractivity contribution is -0.119. The lowest BCUT2D eigenvalue weighted by atomic mass is 9.65. The standard InChI is InChI=1S/C38H50O2/c1-10-11-37(39)36-21-33(28(9)27(8)22(2)3)35-20-32(26(7)18-34(35)36)38(40)31-17-24(5)30(16-25(31)6)19-29-14-12-23(4)13-15-29/h12-15,18,20-22,24-25,28,30-31,36H,8,10-11,16-17,19H2,1-7,9H3/t24?,25-,28?,30?,31?,36?/m1/s1. The molecular weight excluding hydrogens is 488 g/mol. The molecule has 0 N–H and O–H groups in total. The maximum absolute atomic E-state index is 14.2. The molecule has 0 heterocycles. The molecule has 0 bridgehead atoms. The summed E-state index contributed by atoms with van der Waals surface area (Å²) in [6.07, 6.45) is 6.71. The van der Waals surface area contributed by atoms with Gasteiger partial charge in [-0.2, -0.15) is 0 Å². The van der Waals surface area contributed by atoms with E-state index < -0.39 is 0 Å². The number of carbonyl (C=O) groups is 2. The minimum absolute atomic E-state index is 0.0374. The third-order valence-electron chi connectivity index (χ3n) is 10.0. The van der Waals surface area contributed by atoms with Gasteiger partial charge in [-0.1, -0.05) is 95.7 Å². The first-order valence-corrected chi connectivity index (χ1v) is 15.6. The Labute approximate surface area is 243 Å². The number of hydrogen-bond donors (Lipinski definition) is 0. The van der Waals surface area contributed by atoms with Crippen molar-refractivity contribution in [3.8, 4) is 0 Å². The highest BCUT2D eigenvalue weighted by molar-refractivity contribution is 6.02. The molecule has 2 aliphatic rings. The molecule has 2 aliphatic carbocycles. The summed E-state index contributed by atoms with van der Waals surface area (Å²) in [4.78, 5) is 27.4. The number of rotatable bonds is 10. The largest absolute Gasteiger partial charge is 0.299 e. The topological polar surface area (TPSA) is 34.1 Å². The van der Waals surface area contributed by atoms with Crippen LogP contribution >= 0.6 is 0 Å². The summed E-state index contributed by atoms with van der Waals surface area (Å²) in [5.41, 5.74) is 9.05. The highest BCUT2D eigenvalue weighted by Gasteiger charge is 2.38. The van der Waals surface area contributed by atoms with Crippen molar-refractivity contribution in [2.45, 2.75) is 93.4 Å². The Morgan fingerprint density at radius 3 is 2.27 bits per heavy atom. The highest BCUT2D eigenvalue weighted by atomic mass is 16.1. The summed E-state index contributed by atoms with van der Waals surface area (Å²) in [5, 5.41) is 0. The van der Waals surface area contributed by atoms with Crippen molar-refractivity contribution < 1.29 is 9.59 Å². The van der Waals surface area contributed by atoms with Gasteiger partial charge in [0.05, 0.1) is 5.92 Å². The first-order chi connectivity index (χ1) is 18.9. The minimum Gasteiger partial charge on any atom is -0.299 e. The van der Waals surface area contributed by atoms with Gasteiger partial charge in [-0.25, -0.2) is 0 Å². The molecule has 40 heavy (non-hydrogen) atoms. The molecule has 2 aromatic rings. The summed E-state index contributed by atoms with van der Waals surface area (Å²) in [6, 6.07) is 13.2. The molecule has 214 valence electrons. The van der Waals surface area contributed by atoms with E-state index in [2.05, 4.69) is 104 Å². The van der Waals surface area contributed by atoms with E-state index in [1.165, 1.54) is 22.3 Å². The second-order valence-electron chi connectivity index (χ2n) is 13.4. The van der Waals surface area contributed by atoms with Crippen molar-refractivity contribution in [2.24, 2.45) is 35.5 Å². The van der Waals surface area contributed by atoms with Crippen LogP contribution in [0, 0.1) is 49.4 Å². The van der Waals surface area contributed by atoms with E-state index in [9.17, 15) is 9.59 Å². The van der Waals surface area contributed by atoms with Gasteiger partial charge < -0.3 is 0 Å². The Morgan fingerprint density at radius 2 is 1.65 bits per heavy atom. The summed E-state index contributed by atoms with van der Waals surface area (Å²) >= 11 is 0. The van der Waals surface area contributed by atoms with Gasteiger partial charge in [0.1, 0.15) is 5.78 Å². The summed E-state index contributed by atoms with van der Waals surface area (Å²) < 4.78 is 0. The molecule has 2 nitrogen and oxygen atoms in total. The molecule has 0 aromatic heterocycles. The van der Waals surface area contributed by atoms with Crippen molar-refractivity contribution in [3.05, 3.63) is 88.0 Å². The van der Waals surface area contributed by atoms with Crippen LogP contribution in [0.4, 0.5) is 0 Å². The molecule has 4 rings (SSSR count). The smallest absolute Gasteiger partial charge is 0.166 e. The maximum atomic E-state index is 14.2. The van der Waals surface area contributed by atoms with Gasteiger partial charge in [0, 0.05) is 23.8 Å². The Hall–Kier alpha value is -2.74. The first kappa shape index (κ1) is 30.2. The summed E-state index contributed by atoms with van der Waals surface area (Å²) in [7, 11) is 0. The van der Waals surface area contributed by atoms with Crippen LogP contribution in [0.5, 0.6) is 0 Å². The molecule has 0 saturated heterocycles. The van der Waals surface area contributed by atoms with Crippen molar-refractivity contribution in [3.63, 3.8) is 0 Å². The molecule has 0 aliphatic heterocycles. The van der Waals surface area contributed by atoms with E-state index in [1.807, 2.05) is 0 Å². The fourth-order valence-electron chi connectivity index (χ4n) is 7.18. The van der Waals surface area contributed by atoms with Crippen LogP contribution in [0.15, 0.2) is 54.6 Å². The number of Topliss-reactive ketones (excluding diaryl/α,β-unsaturated/α-hetero) is 2. The van der Waals surface area contributed by atoms with Gasteiger partial charge in [0.25, 0.3) is 0 Å². The zero-order valence-corrected chi connectivity index (χ0v) is 26.1. The van der Waals surface area contributed by atoms with E-state index in [-0.39, 0.29) is 29.3 Å². The maximum Gasteiger partial charge on any atom is 0.166 e. The molecular formula is C38H50O2. The molecule has 0 spiro atoms. The third kappa shape index (κ3) is 6.12. The highest BCUT2D eigenvalue weighted by Crippen LogP contribution is 2.46. The van der Waals surface area contributed by atoms with Gasteiger partial charge >= 0.3 is 0 Å². The van der Waals surface area contributed by atoms with E-state index in [0.29, 0.717) is 30.1 Å². The second kappa shape index (κ2) is 12.4. The molecule has 1 saturated carbocycles. The van der Waals surface area contributed by atoms with Gasteiger partial charge in [-0.05, 0) is 97.1 Å². The van der Waals surface area contributed by atoms with Crippen molar-refractivity contribution >= 4 is 17.1 Å².